The van der Waals surface area contributed by atoms with E-state index in [2.05, 4.69) is 21.7 Å². The standard InChI is InChI=1S/C18H19FN4/c1-21-18(22-10-9-14-5-7-17(19)8-6-14)23-13-16-4-2-3-15(11-16)12-20/h2-8,11H,9-10,13H2,1H3,(H2,21,22,23). The van der Waals surface area contributed by atoms with Crippen LogP contribution in [0.4, 0.5) is 4.39 Å². The van der Waals surface area contributed by atoms with Crippen LogP contribution in [0.5, 0.6) is 0 Å². The lowest BCUT2D eigenvalue weighted by Crippen LogP contribution is -2.37. The first-order chi connectivity index (χ1) is 11.2. The van der Waals surface area contributed by atoms with Crippen LogP contribution >= 0.6 is 0 Å². The molecule has 0 saturated carbocycles. The minimum absolute atomic E-state index is 0.223. The highest BCUT2D eigenvalue weighted by molar-refractivity contribution is 5.79. The topological polar surface area (TPSA) is 60.2 Å². The van der Waals surface area contributed by atoms with Gasteiger partial charge in [-0.3, -0.25) is 4.99 Å². The lowest BCUT2D eigenvalue weighted by Gasteiger charge is -2.12. The van der Waals surface area contributed by atoms with Crippen molar-refractivity contribution in [3.05, 3.63) is 71.0 Å². The first-order valence-electron chi connectivity index (χ1n) is 7.39. The van der Waals surface area contributed by atoms with Gasteiger partial charge in [-0.2, -0.15) is 5.26 Å². The molecule has 0 heterocycles. The van der Waals surface area contributed by atoms with Gasteiger partial charge in [-0.05, 0) is 41.8 Å². The molecule has 0 aromatic heterocycles. The van der Waals surface area contributed by atoms with Gasteiger partial charge in [0, 0.05) is 20.1 Å². The summed E-state index contributed by atoms with van der Waals surface area (Å²) >= 11 is 0. The third-order valence-corrected chi connectivity index (χ3v) is 3.36. The number of rotatable bonds is 5. The second-order valence-corrected chi connectivity index (χ2v) is 5.04. The fraction of sp³-hybridized carbons (Fsp3) is 0.222. The Bertz CT molecular complexity index is 702. The second-order valence-electron chi connectivity index (χ2n) is 5.04. The minimum Gasteiger partial charge on any atom is -0.356 e. The van der Waals surface area contributed by atoms with E-state index in [1.807, 2.05) is 18.2 Å². The molecule has 0 aliphatic carbocycles. The van der Waals surface area contributed by atoms with Crippen LogP contribution < -0.4 is 10.6 Å². The van der Waals surface area contributed by atoms with E-state index in [1.54, 1.807) is 25.2 Å². The van der Waals surface area contributed by atoms with E-state index in [-0.39, 0.29) is 5.82 Å². The molecule has 0 amide bonds. The van der Waals surface area contributed by atoms with Crippen LogP contribution in [-0.4, -0.2) is 19.6 Å². The summed E-state index contributed by atoms with van der Waals surface area (Å²) in [6.45, 7) is 1.29. The lowest BCUT2D eigenvalue weighted by molar-refractivity contribution is 0.626. The van der Waals surface area contributed by atoms with Crippen molar-refractivity contribution < 1.29 is 4.39 Å². The van der Waals surface area contributed by atoms with Crippen molar-refractivity contribution in [2.24, 2.45) is 4.99 Å². The van der Waals surface area contributed by atoms with E-state index in [4.69, 9.17) is 5.26 Å². The average molecular weight is 310 g/mol. The third-order valence-electron chi connectivity index (χ3n) is 3.36. The minimum atomic E-state index is -0.223. The van der Waals surface area contributed by atoms with Crippen molar-refractivity contribution >= 4 is 5.96 Å². The molecule has 118 valence electrons. The Morgan fingerprint density at radius 2 is 1.91 bits per heavy atom. The van der Waals surface area contributed by atoms with Gasteiger partial charge in [0.05, 0.1) is 11.6 Å². The number of nitrogens with zero attached hydrogens (tertiary/aromatic N) is 2. The van der Waals surface area contributed by atoms with E-state index in [9.17, 15) is 4.39 Å². The quantitative estimate of drug-likeness (QED) is 0.659. The predicted octanol–water partition coefficient (Wildman–Crippen LogP) is 2.61. The van der Waals surface area contributed by atoms with Crippen molar-refractivity contribution in [1.82, 2.24) is 10.6 Å². The lowest BCUT2D eigenvalue weighted by atomic mass is 10.1. The Balaban J connectivity index is 1.79. The SMILES string of the molecule is CN=C(NCCc1ccc(F)cc1)NCc1cccc(C#N)c1. The predicted molar refractivity (Wildman–Crippen MR) is 89.5 cm³/mol. The highest BCUT2D eigenvalue weighted by Gasteiger charge is 2.00. The number of guanidine groups is 1. The molecular weight excluding hydrogens is 291 g/mol. The number of nitriles is 1. The average Bonchev–Trinajstić information content (AvgIpc) is 2.59. The zero-order chi connectivity index (χ0) is 16.5. The van der Waals surface area contributed by atoms with Gasteiger partial charge >= 0.3 is 0 Å². The first kappa shape index (κ1) is 16.5. The maximum absolute atomic E-state index is 12.8. The number of hydrogen-bond donors (Lipinski definition) is 2. The van der Waals surface area contributed by atoms with Gasteiger partial charge in [-0.1, -0.05) is 24.3 Å². The monoisotopic (exact) mass is 310 g/mol. The van der Waals surface area contributed by atoms with Crippen LogP contribution in [0.3, 0.4) is 0 Å². The molecule has 5 heteroatoms. The van der Waals surface area contributed by atoms with E-state index in [0.717, 1.165) is 17.5 Å². The van der Waals surface area contributed by atoms with Gasteiger partial charge < -0.3 is 10.6 Å². The molecule has 23 heavy (non-hydrogen) atoms. The normalized spacial score (nSPS) is 10.9. The fourth-order valence-electron chi connectivity index (χ4n) is 2.13. The van der Waals surface area contributed by atoms with Crippen LogP contribution in [0.1, 0.15) is 16.7 Å². The van der Waals surface area contributed by atoms with Crippen LogP contribution in [0.15, 0.2) is 53.5 Å². The summed E-state index contributed by atoms with van der Waals surface area (Å²) < 4.78 is 12.8. The molecule has 4 nitrogen and oxygen atoms in total. The first-order valence-corrected chi connectivity index (χ1v) is 7.39. The zero-order valence-corrected chi connectivity index (χ0v) is 13.0. The highest BCUT2D eigenvalue weighted by Crippen LogP contribution is 2.04. The van der Waals surface area contributed by atoms with Gasteiger partial charge in [0.25, 0.3) is 0 Å². The molecule has 0 aliphatic rings. The number of hydrogen-bond acceptors (Lipinski definition) is 2. The molecule has 0 atom stereocenters. The summed E-state index contributed by atoms with van der Waals surface area (Å²) in [5.41, 5.74) is 2.73. The zero-order valence-electron chi connectivity index (χ0n) is 13.0. The molecule has 0 fully saturated rings. The maximum atomic E-state index is 12.8. The van der Waals surface area contributed by atoms with E-state index >= 15 is 0 Å². The van der Waals surface area contributed by atoms with Crippen LogP contribution in [0.2, 0.25) is 0 Å². The second kappa shape index (κ2) is 8.54. The number of aliphatic imine (C=N–C) groups is 1. The molecule has 2 N–H and O–H groups in total. The van der Waals surface area contributed by atoms with E-state index in [0.29, 0.717) is 24.6 Å². The molecule has 2 aromatic rings. The molecule has 0 spiro atoms. The molecule has 0 bridgehead atoms. The van der Waals surface area contributed by atoms with Crippen molar-refractivity contribution in [3.8, 4) is 6.07 Å². The Morgan fingerprint density at radius 1 is 1.13 bits per heavy atom. The van der Waals surface area contributed by atoms with Crippen LogP contribution in [0.25, 0.3) is 0 Å². The van der Waals surface area contributed by atoms with Crippen molar-refractivity contribution in [1.29, 1.82) is 5.26 Å². The summed E-state index contributed by atoms with van der Waals surface area (Å²) in [5.74, 6) is 0.466. The molecule has 2 aromatic carbocycles. The Hall–Kier alpha value is -2.87. The third kappa shape index (κ3) is 5.44. The molecule has 0 aliphatic heterocycles. The highest BCUT2D eigenvalue weighted by atomic mass is 19.1. The summed E-state index contributed by atoms with van der Waals surface area (Å²) in [4.78, 5) is 4.16. The largest absolute Gasteiger partial charge is 0.356 e. The van der Waals surface area contributed by atoms with Gasteiger partial charge in [0.15, 0.2) is 5.96 Å². The Kier molecular flexibility index (Phi) is 6.13. The molecule has 0 saturated heterocycles. The van der Waals surface area contributed by atoms with Gasteiger partial charge in [-0.15, -0.1) is 0 Å². The maximum Gasteiger partial charge on any atom is 0.191 e. The Labute approximate surface area is 135 Å². The molecule has 2 rings (SSSR count). The Morgan fingerprint density at radius 3 is 2.61 bits per heavy atom. The van der Waals surface area contributed by atoms with E-state index in [1.165, 1.54) is 12.1 Å². The summed E-state index contributed by atoms with van der Waals surface area (Å²) in [7, 11) is 1.71. The summed E-state index contributed by atoms with van der Waals surface area (Å²) in [6, 6.07) is 16.0. The molecule has 0 unspecified atom stereocenters. The van der Waals surface area contributed by atoms with Gasteiger partial charge in [0.1, 0.15) is 5.82 Å². The molecular formula is C18H19FN4. The van der Waals surface area contributed by atoms with Gasteiger partial charge in [0.2, 0.25) is 0 Å². The van der Waals surface area contributed by atoms with E-state index < -0.39 is 0 Å². The molecule has 0 radical (unpaired) electrons. The number of nitrogens with one attached hydrogen (secondary N) is 2. The van der Waals surface area contributed by atoms with Crippen molar-refractivity contribution in [3.63, 3.8) is 0 Å². The van der Waals surface area contributed by atoms with Gasteiger partial charge in [-0.25, -0.2) is 4.39 Å². The van der Waals surface area contributed by atoms with Crippen LogP contribution in [-0.2, 0) is 13.0 Å². The number of halogens is 1. The van der Waals surface area contributed by atoms with Crippen molar-refractivity contribution in [2.45, 2.75) is 13.0 Å². The summed E-state index contributed by atoms with van der Waals surface area (Å²) in [5, 5.41) is 15.3. The fourth-order valence-corrected chi connectivity index (χ4v) is 2.13. The number of benzene rings is 2. The van der Waals surface area contributed by atoms with Crippen molar-refractivity contribution in [2.75, 3.05) is 13.6 Å². The summed E-state index contributed by atoms with van der Waals surface area (Å²) in [6.07, 6.45) is 0.783. The van der Waals surface area contributed by atoms with Crippen LogP contribution in [0, 0.1) is 17.1 Å². The smallest absolute Gasteiger partial charge is 0.191 e.